The van der Waals surface area contributed by atoms with Crippen molar-refractivity contribution in [2.24, 2.45) is 5.92 Å². The van der Waals surface area contributed by atoms with Gasteiger partial charge in [-0.25, -0.2) is 4.98 Å². The normalized spacial score (nSPS) is 18.6. The third-order valence-electron chi connectivity index (χ3n) is 9.51. The molecule has 6 rings (SSSR count). The first-order valence-electron chi connectivity index (χ1n) is 17.4. The van der Waals surface area contributed by atoms with Gasteiger partial charge in [0.25, 0.3) is 11.8 Å². The molecule has 1 fully saturated rings. The third-order valence-corrected chi connectivity index (χ3v) is 9.51. The van der Waals surface area contributed by atoms with E-state index in [0.29, 0.717) is 99.2 Å². The van der Waals surface area contributed by atoms with E-state index in [2.05, 4.69) is 10.3 Å². The number of aromatic nitrogens is 1. The van der Waals surface area contributed by atoms with Gasteiger partial charge in [-0.2, -0.15) is 0 Å². The maximum Gasteiger partial charge on any atom is 0.291 e. The summed E-state index contributed by atoms with van der Waals surface area (Å²) in [7, 11) is 3.16. The van der Waals surface area contributed by atoms with Crippen LogP contribution < -0.4 is 19.5 Å². The molecule has 3 aliphatic rings. The van der Waals surface area contributed by atoms with Crippen molar-refractivity contribution in [3.63, 3.8) is 0 Å². The fraction of sp³-hybridized carbons (Fsp3) is 0.486. The number of nitrogens with zero attached hydrogens (tertiary/aromatic N) is 4. The minimum Gasteiger partial charge on any atom is -0.496 e. The molecular weight excluding hydrogens is 658 g/mol. The van der Waals surface area contributed by atoms with Crippen LogP contribution in [0.5, 0.6) is 17.2 Å². The van der Waals surface area contributed by atoms with E-state index in [1.165, 1.54) is 6.39 Å². The lowest BCUT2D eigenvalue weighted by Crippen LogP contribution is -2.38. The van der Waals surface area contributed by atoms with Gasteiger partial charge >= 0.3 is 0 Å². The molecule has 0 spiro atoms. The molecule has 1 aromatic heterocycles. The lowest BCUT2D eigenvalue weighted by molar-refractivity contribution is -0.136. The van der Waals surface area contributed by atoms with Crippen LogP contribution in [0.15, 0.2) is 41.1 Å². The van der Waals surface area contributed by atoms with Gasteiger partial charge in [0, 0.05) is 69.5 Å². The number of methoxy groups -OCH3 is 2. The summed E-state index contributed by atoms with van der Waals surface area (Å²) in [5.74, 6) is 0.666. The predicted octanol–water partition coefficient (Wildman–Crippen LogP) is 3.31. The number of benzene rings is 2. The minimum absolute atomic E-state index is 0.0579. The first kappa shape index (κ1) is 35.7. The number of aryl methyl sites for hydroxylation is 1. The summed E-state index contributed by atoms with van der Waals surface area (Å²) in [6, 6.07) is 9.06. The van der Waals surface area contributed by atoms with E-state index in [1.807, 2.05) is 12.1 Å². The SMILES string of the molecule is COCCN1CC(C(=O)N2CCOc3c(cc4cc3OCCCN(C(=O)c3ocnc3C)CCCCNC(=O)c3ccc(OC)c-4c3)C2)CC1=O. The quantitative estimate of drug-likeness (QED) is 0.405. The number of ether oxygens (including phenoxy) is 4. The van der Waals surface area contributed by atoms with Crippen LogP contribution in [0.25, 0.3) is 11.1 Å². The van der Waals surface area contributed by atoms with Gasteiger partial charge in [0.1, 0.15) is 12.4 Å². The number of rotatable bonds is 6. The summed E-state index contributed by atoms with van der Waals surface area (Å²) in [5, 5.41) is 3.00. The van der Waals surface area contributed by atoms with Crippen molar-refractivity contribution < 1.29 is 42.5 Å². The Morgan fingerprint density at radius 2 is 1.82 bits per heavy atom. The monoisotopic (exact) mass is 703 g/mol. The van der Waals surface area contributed by atoms with Gasteiger partial charge in [0.2, 0.25) is 17.6 Å². The van der Waals surface area contributed by atoms with Gasteiger partial charge in [-0.3, -0.25) is 19.2 Å². The Kier molecular flexibility index (Phi) is 11.4. The highest BCUT2D eigenvalue weighted by atomic mass is 16.5. The first-order valence-corrected chi connectivity index (χ1v) is 17.4. The molecule has 3 aliphatic heterocycles. The van der Waals surface area contributed by atoms with Crippen molar-refractivity contribution in [2.75, 3.05) is 73.3 Å². The van der Waals surface area contributed by atoms with Crippen LogP contribution in [0.3, 0.4) is 0 Å². The number of nitrogens with one attached hydrogen (secondary N) is 1. The zero-order valence-electron chi connectivity index (χ0n) is 29.4. The Bertz CT molecular complexity index is 1760. The van der Waals surface area contributed by atoms with Crippen molar-refractivity contribution >= 4 is 23.6 Å². The molecule has 272 valence electrons. The van der Waals surface area contributed by atoms with Crippen molar-refractivity contribution in [3.05, 3.63) is 59.3 Å². The number of hydrogen-bond acceptors (Lipinski definition) is 10. The second kappa shape index (κ2) is 16.3. The molecule has 0 aliphatic carbocycles. The number of likely N-dealkylation sites (tertiary alicyclic amines) is 1. The summed E-state index contributed by atoms with van der Waals surface area (Å²) in [6.45, 7) is 5.34. The highest BCUT2D eigenvalue weighted by Crippen LogP contribution is 2.41. The summed E-state index contributed by atoms with van der Waals surface area (Å²) in [5.41, 5.74) is 3.11. The molecule has 4 amide bonds. The minimum atomic E-state index is -0.459. The molecule has 1 atom stereocenters. The fourth-order valence-corrected chi connectivity index (χ4v) is 6.76. The van der Waals surface area contributed by atoms with E-state index in [4.69, 9.17) is 23.4 Å². The zero-order chi connectivity index (χ0) is 35.9. The number of carbonyl (C=O) groups excluding carboxylic acids is 4. The Morgan fingerprint density at radius 3 is 2.61 bits per heavy atom. The Hall–Kier alpha value is -5.11. The molecule has 0 saturated carbocycles. The first-order chi connectivity index (χ1) is 24.8. The van der Waals surface area contributed by atoms with E-state index < -0.39 is 5.92 Å². The maximum atomic E-state index is 13.8. The van der Waals surface area contributed by atoms with Gasteiger partial charge in [-0.1, -0.05) is 0 Å². The molecule has 14 nitrogen and oxygen atoms in total. The molecule has 2 aromatic carbocycles. The van der Waals surface area contributed by atoms with Crippen molar-refractivity contribution in [1.82, 2.24) is 25.0 Å². The largest absolute Gasteiger partial charge is 0.496 e. The summed E-state index contributed by atoms with van der Waals surface area (Å²) in [6.07, 6.45) is 3.29. The standard InChI is InChI=1S/C37H45N5O9/c1-24-33(51-23-39-24)37(46)40-10-5-4-9-38-35(44)25-7-8-30(48-3)29(18-25)26-17-27-21-42(13-16-50-34(27)31(19-26)49-14-6-11-40)36(45)28-20-32(43)41(22-28)12-15-47-2/h7-8,17-19,23,28H,4-6,9-16,20-22H2,1-3H3,(H,38,44). The number of fused-ring (bicyclic) bond motifs is 7. The lowest BCUT2D eigenvalue weighted by Gasteiger charge is -2.24. The van der Waals surface area contributed by atoms with Crippen molar-refractivity contribution in [1.29, 1.82) is 0 Å². The second-order valence-electron chi connectivity index (χ2n) is 12.9. The van der Waals surface area contributed by atoms with Crippen LogP contribution in [-0.4, -0.2) is 117 Å². The van der Waals surface area contributed by atoms with Gasteiger partial charge in [0.15, 0.2) is 17.9 Å². The van der Waals surface area contributed by atoms with Crippen LogP contribution in [0.2, 0.25) is 0 Å². The highest BCUT2D eigenvalue weighted by molar-refractivity contribution is 5.96. The van der Waals surface area contributed by atoms with Crippen LogP contribution in [-0.2, 0) is 20.9 Å². The highest BCUT2D eigenvalue weighted by Gasteiger charge is 2.37. The average Bonchev–Trinajstić information content (AvgIpc) is 3.66. The molecule has 14 heteroatoms. The number of carbonyl (C=O) groups is 4. The molecule has 4 bridgehead atoms. The molecule has 0 radical (unpaired) electrons. The number of hydrogen-bond donors (Lipinski definition) is 1. The molecule has 3 aromatic rings. The summed E-state index contributed by atoms with van der Waals surface area (Å²) < 4.78 is 29.0. The van der Waals surface area contributed by atoms with Gasteiger partial charge in [-0.15, -0.1) is 0 Å². The molecule has 1 unspecified atom stereocenters. The zero-order valence-corrected chi connectivity index (χ0v) is 29.4. The smallest absolute Gasteiger partial charge is 0.291 e. The molecular formula is C37H45N5O9. The van der Waals surface area contributed by atoms with E-state index in [9.17, 15) is 19.2 Å². The van der Waals surface area contributed by atoms with E-state index in [0.717, 1.165) is 11.1 Å². The van der Waals surface area contributed by atoms with Crippen molar-refractivity contribution in [2.45, 2.75) is 39.2 Å². The molecule has 1 saturated heterocycles. The van der Waals surface area contributed by atoms with Crippen LogP contribution in [0, 0.1) is 12.8 Å². The van der Waals surface area contributed by atoms with Crippen LogP contribution >= 0.6 is 0 Å². The Morgan fingerprint density at radius 1 is 0.980 bits per heavy atom. The van der Waals surface area contributed by atoms with E-state index in [-0.39, 0.29) is 55.6 Å². The average molecular weight is 704 g/mol. The second-order valence-corrected chi connectivity index (χ2v) is 12.9. The number of oxazole rings is 1. The maximum absolute atomic E-state index is 13.8. The van der Waals surface area contributed by atoms with E-state index in [1.54, 1.807) is 54.0 Å². The lowest BCUT2D eigenvalue weighted by atomic mass is 9.98. The Labute approximate surface area is 297 Å². The van der Waals surface area contributed by atoms with Gasteiger partial charge in [-0.05, 0) is 62.1 Å². The molecule has 1 N–H and O–H groups in total. The summed E-state index contributed by atoms with van der Waals surface area (Å²) >= 11 is 0. The number of amides is 4. The topological polar surface area (TPSA) is 153 Å². The molecule has 4 heterocycles. The van der Waals surface area contributed by atoms with Gasteiger partial charge in [0.05, 0.1) is 38.5 Å². The van der Waals surface area contributed by atoms with Crippen molar-refractivity contribution in [3.8, 4) is 28.4 Å². The predicted molar refractivity (Wildman–Crippen MR) is 185 cm³/mol. The summed E-state index contributed by atoms with van der Waals surface area (Å²) in [4.78, 5) is 62.4. The van der Waals surface area contributed by atoms with Crippen LogP contribution in [0.4, 0.5) is 0 Å². The van der Waals surface area contributed by atoms with Gasteiger partial charge < -0.3 is 43.4 Å². The van der Waals surface area contributed by atoms with E-state index >= 15 is 0 Å². The third kappa shape index (κ3) is 8.11. The van der Waals surface area contributed by atoms with Crippen LogP contribution in [0.1, 0.15) is 57.9 Å². The Balaban J connectivity index is 1.31. The fourth-order valence-electron chi connectivity index (χ4n) is 6.76. The molecule has 51 heavy (non-hydrogen) atoms.